The molecule has 0 aromatic carbocycles. The fourth-order valence-electron chi connectivity index (χ4n) is 3.08. The molecular weight excluding hydrogens is 292 g/mol. The van der Waals surface area contributed by atoms with Gasteiger partial charge in [0.1, 0.15) is 5.60 Å². The van der Waals surface area contributed by atoms with E-state index in [1.165, 1.54) is 18.5 Å². The number of carbonyl (C=O) groups is 1. The summed E-state index contributed by atoms with van der Waals surface area (Å²) in [5, 5.41) is 6.59. The zero-order chi connectivity index (χ0) is 16.9. The van der Waals surface area contributed by atoms with Crippen molar-refractivity contribution in [2.45, 2.75) is 77.6 Å². The standard InChI is InChI=1S/C17H30N4O2/c1-5-21-13-18-10-14(21)11-20-17(8-6-7-9-17)12-19-15(22)23-16(2,3)4/h10,13,20H,5-9,11-12H2,1-4H3,(H,19,22). The van der Waals surface area contributed by atoms with Gasteiger partial charge in [-0.3, -0.25) is 0 Å². The Kier molecular flexibility index (Phi) is 5.68. The van der Waals surface area contributed by atoms with Crippen LogP contribution in [0.1, 0.15) is 59.1 Å². The number of hydrogen-bond acceptors (Lipinski definition) is 4. The summed E-state index contributed by atoms with van der Waals surface area (Å²) in [5.74, 6) is 0. The second kappa shape index (κ2) is 7.34. The predicted molar refractivity (Wildman–Crippen MR) is 90.2 cm³/mol. The highest BCUT2D eigenvalue weighted by Crippen LogP contribution is 2.29. The first-order valence-electron chi connectivity index (χ1n) is 8.54. The van der Waals surface area contributed by atoms with E-state index in [-0.39, 0.29) is 11.6 Å². The highest BCUT2D eigenvalue weighted by Gasteiger charge is 2.34. The summed E-state index contributed by atoms with van der Waals surface area (Å²) in [5.41, 5.74) is 0.671. The summed E-state index contributed by atoms with van der Waals surface area (Å²) in [7, 11) is 0. The van der Waals surface area contributed by atoms with Crippen LogP contribution in [0.4, 0.5) is 4.79 Å². The van der Waals surface area contributed by atoms with Crippen molar-refractivity contribution < 1.29 is 9.53 Å². The van der Waals surface area contributed by atoms with Gasteiger partial charge in [0.2, 0.25) is 0 Å². The number of rotatable bonds is 6. The lowest BCUT2D eigenvalue weighted by atomic mass is 9.97. The second-order valence-electron chi connectivity index (χ2n) is 7.37. The molecule has 2 rings (SSSR count). The van der Waals surface area contributed by atoms with Gasteiger partial charge in [0.05, 0.1) is 12.0 Å². The van der Waals surface area contributed by atoms with E-state index in [4.69, 9.17) is 4.74 Å². The van der Waals surface area contributed by atoms with Crippen LogP contribution in [0.2, 0.25) is 0 Å². The Morgan fingerprint density at radius 1 is 1.39 bits per heavy atom. The number of carbonyl (C=O) groups excluding carboxylic acids is 1. The quantitative estimate of drug-likeness (QED) is 0.845. The summed E-state index contributed by atoms with van der Waals surface area (Å²) in [6.07, 6.45) is 7.94. The van der Waals surface area contributed by atoms with Crippen molar-refractivity contribution >= 4 is 6.09 Å². The Balaban J connectivity index is 1.90. The summed E-state index contributed by atoms with van der Waals surface area (Å²) < 4.78 is 7.47. The fourth-order valence-corrected chi connectivity index (χ4v) is 3.08. The maximum absolute atomic E-state index is 11.9. The fraction of sp³-hybridized carbons (Fsp3) is 0.765. The van der Waals surface area contributed by atoms with E-state index in [2.05, 4.69) is 27.1 Å². The summed E-state index contributed by atoms with van der Waals surface area (Å²) in [6, 6.07) is 0. The molecule has 0 aliphatic heterocycles. The van der Waals surface area contributed by atoms with Gasteiger partial charge in [0.25, 0.3) is 0 Å². The molecule has 0 radical (unpaired) electrons. The minimum absolute atomic E-state index is 0.0419. The van der Waals surface area contributed by atoms with Crippen LogP contribution in [0.15, 0.2) is 12.5 Å². The lowest BCUT2D eigenvalue weighted by molar-refractivity contribution is 0.0509. The van der Waals surface area contributed by atoms with E-state index in [1.807, 2.05) is 33.3 Å². The molecule has 1 fully saturated rings. The molecule has 2 N–H and O–H groups in total. The molecule has 1 heterocycles. The van der Waals surface area contributed by atoms with Crippen LogP contribution in [0.25, 0.3) is 0 Å². The van der Waals surface area contributed by atoms with E-state index < -0.39 is 5.60 Å². The van der Waals surface area contributed by atoms with Crippen molar-refractivity contribution in [1.82, 2.24) is 20.2 Å². The van der Waals surface area contributed by atoms with Crippen LogP contribution >= 0.6 is 0 Å². The molecule has 6 nitrogen and oxygen atoms in total. The monoisotopic (exact) mass is 322 g/mol. The lowest BCUT2D eigenvalue weighted by Crippen LogP contribution is -2.52. The molecule has 1 aliphatic rings. The summed E-state index contributed by atoms with van der Waals surface area (Å²) >= 11 is 0. The number of nitrogens with one attached hydrogen (secondary N) is 2. The second-order valence-corrected chi connectivity index (χ2v) is 7.37. The van der Waals surface area contributed by atoms with Crippen LogP contribution in [0, 0.1) is 0 Å². The Labute approximate surface area is 139 Å². The molecule has 0 spiro atoms. The third-order valence-electron chi connectivity index (χ3n) is 4.31. The number of aryl methyl sites for hydroxylation is 1. The summed E-state index contributed by atoms with van der Waals surface area (Å²) in [6.45, 7) is 10.0. The number of nitrogens with zero attached hydrogens (tertiary/aromatic N) is 2. The van der Waals surface area contributed by atoms with Gasteiger partial charge in [-0.2, -0.15) is 0 Å². The Hall–Kier alpha value is -1.56. The molecule has 0 bridgehead atoms. The average molecular weight is 322 g/mol. The zero-order valence-electron chi connectivity index (χ0n) is 14.8. The van der Waals surface area contributed by atoms with Crippen molar-refractivity contribution in [1.29, 1.82) is 0 Å². The van der Waals surface area contributed by atoms with Crippen molar-refractivity contribution in [2.75, 3.05) is 6.54 Å². The van der Waals surface area contributed by atoms with Crippen LogP contribution < -0.4 is 10.6 Å². The number of hydrogen-bond donors (Lipinski definition) is 2. The minimum atomic E-state index is -0.464. The van der Waals surface area contributed by atoms with Crippen LogP contribution in [0.3, 0.4) is 0 Å². The minimum Gasteiger partial charge on any atom is -0.444 e. The van der Waals surface area contributed by atoms with Crippen molar-refractivity contribution in [3.63, 3.8) is 0 Å². The molecule has 0 unspecified atom stereocenters. The molecule has 1 aromatic rings. The van der Waals surface area contributed by atoms with Crippen molar-refractivity contribution in [3.8, 4) is 0 Å². The van der Waals surface area contributed by atoms with Crippen LogP contribution in [-0.2, 0) is 17.8 Å². The van der Waals surface area contributed by atoms with E-state index in [0.717, 1.165) is 25.9 Å². The molecule has 6 heteroatoms. The molecule has 1 aromatic heterocycles. The summed E-state index contributed by atoms with van der Waals surface area (Å²) in [4.78, 5) is 16.1. The number of aromatic nitrogens is 2. The maximum Gasteiger partial charge on any atom is 0.407 e. The first kappa shape index (κ1) is 17.8. The number of imidazole rings is 1. The highest BCUT2D eigenvalue weighted by molar-refractivity contribution is 5.67. The van der Waals surface area contributed by atoms with Gasteiger partial charge in [-0.1, -0.05) is 12.8 Å². The lowest BCUT2D eigenvalue weighted by Gasteiger charge is -2.31. The number of alkyl carbamates (subject to hydrolysis) is 1. The van der Waals surface area contributed by atoms with E-state index in [0.29, 0.717) is 6.54 Å². The topological polar surface area (TPSA) is 68.2 Å². The van der Waals surface area contributed by atoms with Gasteiger partial charge in [0, 0.05) is 31.4 Å². The molecule has 23 heavy (non-hydrogen) atoms. The van der Waals surface area contributed by atoms with Gasteiger partial charge in [-0.05, 0) is 40.5 Å². The molecule has 0 saturated heterocycles. The third-order valence-corrected chi connectivity index (χ3v) is 4.31. The first-order chi connectivity index (χ1) is 10.8. The SMILES string of the molecule is CCn1cncc1CNC1(CNC(=O)OC(C)(C)C)CCCC1. The largest absolute Gasteiger partial charge is 0.444 e. The number of ether oxygens (including phenoxy) is 1. The van der Waals surface area contributed by atoms with Crippen LogP contribution in [-0.4, -0.2) is 33.3 Å². The van der Waals surface area contributed by atoms with Gasteiger partial charge in [-0.25, -0.2) is 9.78 Å². The van der Waals surface area contributed by atoms with E-state index in [1.54, 1.807) is 0 Å². The molecule has 130 valence electrons. The number of amides is 1. The predicted octanol–water partition coefficient (Wildman–Crippen LogP) is 2.83. The van der Waals surface area contributed by atoms with Crippen LogP contribution in [0.5, 0.6) is 0 Å². The van der Waals surface area contributed by atoms with Crippen molar-refractivity contribution in [2.24, 2.45) is 0 Å². The molecule has 1 aliphatic carbocycles. The maximum atomic E-state index is 11.9. The zero-order valence-corrected chi connectivity index (χ0v) is 14.8. The third kappa shape index (κ3) is 5.23. The molecule has 1 saturated carbocycles. The Morgan fingerprint density at radius 3 is 2.70 bits per heavy atom. The normalized spacial score (nSPS) is 17.2. The first-order valence-corrected chi connectivity index (χ1v) is 8.54. The van der Waals surface area contributed by atoms with Gasteiger partial charge in [-0.15, -0.1) is 0 Å². The van der Waals surface area contributed by atoms with Crippen molar-refractivity contribution in [3.05, 3.63) is 18.2 Å². The molecular formula is C17H30N4O2. The van der Waals surface area contributed by atoms with Gasteiger partial charge < -0.3 is 19.9 Å². The average Bonchev–Trinajstić information content (AvgIpc) is 3.11. The van der Waals surface area contributed by atoms with E-state index >= 15 is 0 Å². The smallest absolute Gasteiger partial charge is 0.407 e. The van der Waals surface area contributed by atoms with E-state index in [9.17, 15) is 4.79 Å². The van der Waals surface area contributed by atoms with Gasteiger partial charge in [0.15, 0.2) is 0 Å². The molecule has 0 atom stereocenters. The highest BCUT2D eigenvalue weighted by atomic mass is 16.6. The Bertz CT molecular complexity index is 513. The van der Waals surface area contributed by atoms with Gasteiger partial charge >= 0.3 is 6.09 Å². The Morgan fingerprint density at radius 2 is 2.09 bits per heavy atom. The molecule has 1 amide bonds.